The van der Waals surface area contributed by atoms with Crippen molar-refractivity contribution in [2.45, 2.75) is 12.9 Å². The van der Waals surface area contributed by atoms with Crippen molar-refractivity contribution in [2.24, 2.45) is 5.84 Å². The Kier molecular flexibility index (Phi) is 11.3. The Labute approximate surface area is 171 Å². The largest absolute Gasteiger partial charge is 0.483 e. The third kappa shape index (κ3) is 8.44. The summed E-state index contributed by atoms with van der Waals surface area (Å²) < 4.78 is 21.0. The van der Waals surface area contributed by atoms with Crippen LogP contribution in [-0.4, -0.2) is 64.0 Å². The van der Waals surface area contributed by atoms with Crippen molar-refractivity contribution in [3.05, 3.63) is 60.0 Å². The molecule has 3 N–H and O–H groups in total. The maximum atomic E-state index is 12.6. The Morgan fingerprint density at radius 2 is 1.90 bits per heavy atom. The third-order valence-corrected chi connectivity index (χ3v) is 3.73. The average molecular weight is 407 g/mol. The van der Waals surface area contributed by atoms with Gasteiger partial charge in [-0.05, 0) is 11.6 Å². The molecule has 0 saturated heterocycles. The van der Waals surface area contributed by atoms with Crippen LogP contribution in [0.4, 0.5) is 0 Å². The lowest BCUT2D eigenvalue weighted by Gasteiger charge is -2.20. The molecular formula is C20H29N3O6. The summed E-state index contributed by atoms with van der Waals surface area (Å²) in [5, 5.41) is 3.67. The minimum absolute atomic E-state index is 0.0961. The maximum Gasteiger partial charge on any atom is 0.273 e. The van der Waals surface area contributed by atoms with Crippen molar-refractivity contribution < 1.29 is 28.5 Å². The monoisotopic (exact) mass is 407 g/mol. The van der Waals surface area contributed by atoms with Crippen LogP contribution in [0.3, 0.4) is 0 Å². The highest BCUT2D eigenvalue weighted by atomic mass is 16.7. The van der Waals surface area contributed by atoms with Crippen LogP contribution in [0.1, 0.15) is 5.56 Å². The van der Waals surface area contributed by atoms with Gasteiger partial charge in [-0.2, -0.15) is 0 Å². The van der Waals surface area contributed by atoms with Gasteiger partial charge in [0.15, 0.2) is 17.7 Å². The molecule has 160 valence electrons. The second-order valence-electron chi connectivity index (χ2n) is 5.86. The molecule has 0 atom stereocenters. The zero-order valence-electron chi connectivity index (χ0n) is 17.1. The van der Waals surface area contributed by atoms with Crippen LogP contribution in [0.5, 0.6) is 0 Å². The maximum absolute atomic E-state index is 12.6. The van der Waals surface area contributed by atoms with E-state index in [1.807, 2.05) is 30.3 Å². The van der Waals surface area contributed by atoms with E-state index < -0.39 is 18.0 Å². The number of methoxy groups -OCH3 is 2. The van der Waals surface area contributed by atoms with E-state index in [1.54, 1.807) is 0 Å². The van der Waals surface area contributed by atoms with E-state index in [0.717, 1.165) is 16.6 Å². The highest BCUT2D eigenvalue weighted by molar-refractivity contribution is 6.08. The van der Waals surface area contributed by atoms with Gasteiger partial charge in [-0.25, -0.2) is 5.84 Å². The van der Waals surface area contributed by atoms with Gasteiger partial charge < -0.3 is 29.3 Å². The highest BCUT2D eigenvalue weighted by Gasteiger charge is 2.24. The number of rotatable bonds is 14. The number of ether oxygens (including phenoxy) is 4. The Morgan fingerprint density at radius 3 is 2.45 bits per heavy atom. The second-order valence-corrected chi connectivity index (χ2v) is 5.86. The number of carbonyl (C=O) groups excluding carboxylic acids is 2. The van der Waals surface area contributed by atoms with Gasteiger partial charge in [0.25, 0.3) is 5.91 Å². The molecule has 0 radical (unpaired) electrons. The summed E-state index contributed by atoms with van der Waals surface area (Å²) in [6, 6.07) is 9.24. The molecule has 1 aromatic rings. The van der Waals surface area contributed by atoms with Gasteiger partial charge in [0.2, 0.25) is 5.78 Å². The molecule has 9 heteroatoms. The zero-order valence-corrected chi connectivity index (χ0v) is 17.1. The lowest BCUT2D eigenvalue weighted by molar-refractivity contribution is -0.140. The summed E-state index contributed by atoms with van der Waals surface area (Å²) in [6.07, 6.45) is 0.579. The Bertz CT molecular complexity index is 687. The molecule has 0 spiro atoms. The lowest BCUT2D eigenvalue weighted by atomic mass is 10.2. The van der Waals surface area contributed by atoms with E-state index in [0.29, 0.717) is 0 Å². The molecule has 1 aromatic carbocycles. The minimum Gasteiger partial charge on any atom is -0.483 e. The van der Waals surface area contributed by atoms with E-state index in [4.69, 9.17) is 24.8 Å². The number of likely N-dealkylation sites (N-methyl/N-ethyl adjacent to an activating group) is 1. The smallest absolute Gasteiger partial charge is 0.273 e. The first-order chi connectivity index (χ1) is 13.9. The zero-order chi connectivity index (χ0) is 21.6. The molecule has 1 amide bonds. The number of carbonyl (C=O) groups is 2. The Balaban J connectivity index is 2.80. The van der Waals surface area contributed by atoms with Crippen LogP contribution in [-0.2, 0) is 35.1 Å². The number of hydrazine groups is 1. The Hall–Kier alpha value is -2.72. The van der Waals surface area contributed by atoms with Crippen molar-refractivity contribution in [3.8, 4) is 0 Å². The fourth-order valence-corrected chi connectivity index (χ4v) is 2.23. The predicted molar refractivity (Wildman–Crippen MR) is 107 cm³/mol. The molecule has 0 fully saturated rings. The molecule has 0 unspecified atom stereocenters. The summed E-state index contributed by atoms with van der Waals surface area (Å²) in [6.45, 7) is 4.16. The first-order valence-corrected chi connectivity index (χ1v) is 8.92. The van der Waals surface area contributed by atoms with Crippen LogP contribution >= 0.6 is 0 Å². The van der Waals surface area contributed by atoms with Crippen molar-refractivity contribution in [3.63, 3.8) is 0 Å². The molecule has 0 aliphatic heterocycles. The quantitative estimate of drug-likeness (QED) is 0.116. The van der Waals surface area contributed by atoms with Gasteiger partial charge in [0.05, 0.1) is 13.2 Å². The minimum atomic E-state index is -0.577. The molecular weight excluding hydrogens is 378 g/mol. The van der Waals surface area contributed by atoms with E-state index in [2.05, 4.69) is 11.9 Å². The summed E-state index contributed by atoms with van der Waals surface area (Å²) in [5.74, 6) is 4.47. The van der Waals surface area contributed by atoms with Gasteiger partial charge in [-0.15, -0.1) is 0 Å². The predicted octanol–water partition coefficient (Wildman–Crippen LogP) is 0.727. The molecule has 9 nitrogen and oxygen atoms in total. The van der Waals surface area contributed by atoms with Crippen molar-refractivity contribution in [1.29, 1.82) is 0 Å². The van der Waals surface area contributed by atoms with Gasteiger partial charge in [0.1, 0.15) is 6.61 Å². The van der Waals surface area contributed by atoms with Crippen molar-refractivity contribution in [2.75, 3.05) is 41.0 Å². The van der Waals surface area contributed by atoms with E-state index >= 15 is 0 Å². The standard InChI is InChI=1S/C20H29N3O6/c1-5-16(24)19(29-13-15-9-7-6-8-10-15)18(23(2)21)20(25)22-11-12-28-14-17(26-3)27-4/h5-10,17H,1,11-14,21H2,2-4H3,(H,22,25)/b19-18+. The fraction of sp³-hybridized carbons (Fsp3) is 0.400. The van der Waals surface area contributed by atoms with Crippen LogP contribution in [0.2, 0.25) is 0 Å². The molecule has 0 saturated carbocycles. The first-order valence-electron chi connectivity index (χ1n) is 8.92. The summed E-state index contributed by atoms with van der Waals surface area (Å²) in [4.78, 5) is 24.9. The normalized spacial score (nSPS) is 11.6. The molecule has 29 heavy (non-hydrogen) atoms. The van der Waals surface area contributed by atoms with Crippen LogP contribution in [0.25, 0.3) is 0 Å². The van der Waals surface area contributed by atoms with Gasteiger partial charge >= 0.3 is 0 Å². The van der Waals surface area contributed by atoms with Crippen molar-refractivity contribution in [1.82, 2.24) is 10.3 Å². The molecule has 0 bridgehead atoms. The molecule has 0 heterocycles. The number of hydrogen-bond acceptors (Lipinski definition) is 8. The highest BCUT2D eigenvalue weighted by Crippen LogP contribution is 2.14. The van der Waals surface area contributed by atoms with E-state index in [-0.39, 0.29) is 37.8 Å². The molecule has 0 aliphatic carbocycles. The fourth-order valence-electron chi connectivity index (χ4n) is 2.23. The van der Waals surface area contributed by atoms with Crippen molar-refractivity contribution >= 4 is 11.7 Å². The molecule has 0 aliphatic rings. The topological polar surface area (TPSA) is 112 Å². The number of amides is 1. The molecule has 1 rings (SSSR count). The van der Waals surface area contributed by atoms with Crippen LogP contribution in [0, 0.1) is 0 Å². The number of nitrogens with zero attached hydrogens (tertiary/aromatic N) is 1. The average Bonchev–Trinajstić information content (AvgIpc) is 2.73. The number of hydrogen-bond donors (Lipinski definition) is 2. The Morgan fingerprint density at radius 1 is 1.24 bits per heavy atom. The van der Waals surface area contributed by atoms with Crippen LogP contribution in [0.15, 0.2) is 54.4 Å². The first kappa shape index (κ1) is 24.3. The number of ketones is 1. The number of nitrogens with one attached hydrogen (secondary N) is 1. The SMILES string of the molecule is C=CC(=O)/C(OCc1ccccc1)=C(/C(=O)NCCOCC(OC)OC)N(C)N. The lowest BCUT2D eigenvalue weighted by Crippen LogP contribution is -2.40. The van der Waals surface area contributed by atoms with Gasteiger partial charge in [0, 0.05) is 27.8 Å². The van der Waals surface area contributed by atoms with Gasteiger partial charge in [-0.3, -0.25) is 9.59 Å². The molecule has 0 aromatic heterocycles. The van der Waals surface area contributed by atoms with Crippen LogP contribution < -0.4 is 11.2 Å². The number of nitrogens with two attached hydrogens (primary N) is 1. The van der Waals surface area contributed by atoms with Gasteiger partial charge in [-0.1, -0.05) is 36.9 Å². The summed E-state index contributed by atoms with van der Waals surface area (Å²) in [7, 11) is 4.44. The third-order valence-electron chi connectivity index (χ3n) is 3.73. The number of allylic oxidation sites excluding steroid dienone is 1. The summed E-state index contributed by atoms with van der Waals surface area (Å²) >= 11 is 0. The summed E-state index contributed by atoms with van der Waals surface area (Å²) in [5.41, 5.74) is 0.720. The van der Waals surface area contributed by atoms with E-state index in [1.165, 1.54) is 21.3 Å². The second kappa shape index (κ2) is 13.5. The number of benzene rings is 1. The van der Waals surface area contributed by atoms with E-state index in [9.17, 15) is 9.59 Å².